The third kappa shape index (κ3) is 3.66. The number of hydroxylamine groups is 1. The molecule has 0 bridgehead atoms. The number of rotatable bonds is 4. The summed E-state index contributed by atoms with van der Waals surface area (Å²) in [6.07, 6.45) is -0.655. The van der Waals surface area contributed by atoms with Gasteiger partial charge in [-0.3, -0.25) is 9.63 Å². The summed E-state index contributed by atoms with van der Waals surface area (Å²) < 4.78 is 6.11. The van der Waals surface area contributed by atoms with Gasteiger partial charge in [-0.15, -0.1) is 0 Å². The third-order valence-corrected chi connectivity index (χ3v) is 2.62. The number of nitrogens with one attached hydrogen (secondary N) is 1. The Bertz CT molecular complexity index is 386. The number of halogens is 2. The highest BCUT2D eigenvalue weighted by Gasteiger charge is 2.15. The Kier molecular flexibility index (Phi) is 5.05. The molecule has 0 saturated carbocycles. The van der Waals surface area contributed by atoms with Crippen molar-refractivity contribution in [2.24, 2.45) is 0 Å². The zero-order chi connectivity index (χ0) is 12.1. The highest BCUT2D eigenvalue weighted by Crippen LogP contribution is 2.28. The summed E-state index contributed by atoms with van der Waals surface area (Å²) in [5, 5.41) is 0.591. The molecule has 1 atom stereocenters. The number of amides is 1. The van der Waals surface area contributed by atoms with Gasteiger partial charge in [-0.25, -0.2) is 5.48 Å². The predicted molar refractivity (Wildman–Crippen MR) is 64.4 cm³/mol. The largest absolute Gasteiger partial charge is 0.480 e. The highest BCUT2D eigenvalue weighted by atomic mass is 79.9. The van der Waals surface area contributed by atoms with E-state index in [9.17, 15) is 4.79 Å². The summed E-state index contributed by atoms with van der Waals surface area (Å²) in [4.78, 5) is 15.8. The fraction of sp³-hybridized carbons (Fsp3) is 0.300. The van der Waals surface area contributed by atoms with E-state index in [-0.39, 0.29) is 5.91 Å². The molecule has 0 fully saturated rings. The maximum atomic E-state index is 11.3. The van der Waals surface area contributed by atoms with Gasteiger partial charge in [0, 0.05) is 5.02 Å². The van der Waals surface area contributed by atoms with Gasteiger partial charge >= 0.3 is 0 Å². The second kappa shape index (κ2) is 6.08. The van der Waals surface area contributed by atoms with Crippen LogP contribution in [0.2, 0.25) is 5.02 Å². The van der Waals surface area contributed by atoms with E-state index in [0.29, 0.717) is 15.2 Å². The van der Waals surface area contributed by atoms with E-state index >= 15 is 0 Å². The van der Waals surface area contributed by atoms with E-state index < -0.39 is 6.10 Å². The van der Waals surface area contributed by atoms with E-state index in [0.717, 1.165) is 0 Å². The van der Waals surface area contributed by atoms with Gasteiger partial charge < -0.3 is 4.74 Å². The lowest BCUT2D eigenvalue weighted by atomic mass is 10.3. The Morgan fingerprint density at radius 2 is 2.25 bits per heavy atom. The summed E-state index contributed by atoms with van der Waals surface area (Å²) >= 11 is 9.07. The van der Waals surface area contributed by atoms with Crippen LogP contribution in [0.3, 0.4) is 0 Å². The quantitative estimate of drug-likeness (QED) is 0.870. The van der Waals surface area contributed by atoms with Gasteiger partial charge in [-0.05, 0) is 41.1 Å². The van der Waals surface area contributed by atoms with Gasteiger partial charge in [0.1, 0.15) is 5.75 Å². The molecule has 1 aromatic rings. The lowest BCUT2D eigenvalue weighted by Gasteiger charge is -2.14. The molecule has 16 heavy (non-hydrogen) atoms. The fourth-order valence-electron chi connectivity index (χ4n) is 0.998. The minimum absolute atomic E-state index is 0.357. The van der Waals surface area contributed by atoms with Gasteiger partial charge in [0.25, 0.3) is 5.91 Å². The number of ether oxygens (including phenoxy) is 1. The maximum Gasteiger partial charge on any atom is 0.284 e. The first-order valence-electron chi connectivity index (χ1n) is 4.49. The molecule has 0 aliphatic heterocycles. The molecule has 4 nitrogen and oxygen atoms in total. The van der Waals surface area contributed by atoms with Gasteiger partial charge in [0.05, 0.1) is 11.6 Å². The Morgan fingerprint density at radius 1 is 1.56 bits per heavy atom. The second-order valence-corrected chi connectivity index (χ2v) is 4.30. The van der Waals surface area contributed by atoms with E-state index in [1.807, 2.05) is 0 Å². The molecule has 0 aliphatic carbocycles. The van der Waals surface area contributed by atoms with Crippen LogP contribution in [0.1, 0.15) is 6.92 Å². The predicted octanol–water partition coefficient (Wildman–Crippen LogP) is 2.55. The lowest BCUT2D eigenvalue weighted by molar-refractivity contribution is -0.137. The van der Waals surface area contributed by atoms with E-state index in [2.05, 4.69) is 26.2 Å². The molecular weight excluding hydrogens is 297 g/mol. The first-order valence-corrected chi connectivity index (χ1v) is 5.66. The molecule has 0 saturated heterocycles. The van der Waals surface area contributed by atoms with Crippen LogP contribution >= 0.6 is 27.5 Å². The summed E-state index contributed by atoms with van der Waals surface area (Å²) in [7, 11) is 1.36. The first-order chi connectivity index (χ1) is 7.54. The molecular formula is C10H11BrClNO3. The first kappa shape index (κ1) is 13.3. The second-order valence-electron chi connectivity index (χ2n) is 3.01. The average molecular weight is 309 g/mol. The SMILES string of the molecule is CONC(=O)C(C)Oc1ccc(Cl)cc1Br. The molecule has 0 radical (unpaired) electrons. The zero-order valence-electron chi connectivity index (χ0n) is 8.79. The van der Waals surface area contributed by atoms with Gasteiger partial charge in [-0.1, -0.05) is 11.6 Å². The van der Waals surface area contributed by atoms with E-state index in [1.54, 1.807) is 25.1 Å². The van der Waals surface area contributed by atoms with E-state index in [1.165, 1.54) is 7.11 Å². The van der Waals surface area contributed by atoms with Crippen LogP contribution in [-0.4, -0.2) is 19.1 Å². The van der Waals surface area contributed by atoms with Crippen LogP contribution in [0.4, 0.5) is 0 Å². The van der Waals surface area contributed by atoms with Crippen molar-refractivity contribution in [2.75, 3.05) is 7.11 Å². The van der Waals surface area contributed by atoms with Crippen LogP contribution in [-0.2, 0) is 9.63 Å². The average Bonchev–Trinajstić information content (AvgIpc) is 2.22. The highest BCUT2D eigenvalue weighted by molar-refractivity contribution is 9.10. The van der Waals surface area contributed by atoms with Crippen LogP contribution in [0, 0.1) is 0 Å². The molecule has 0 heterocycles. The number of hydrogen-bond acceptors (Lipinski definition) is 3. The minimum Gasteiger partial charge on any atom is -0.480 e. The Hall–Kier alpha value is -0.780. The van der Waals surface area contributed by atoms with Crippen LogP contribution < -0.4 is 10.2 Å². The number of carbonyl (C=O) groups is 1. The van der Waals surface area contributed by atoms with Crippen molar-refractivity contribution in [1.29, 1.82) is 0 Å². The van der Waals surface area contributed by atoms with Crippen molar-refractivity contribution in [3.05, 3.63) is 27.7 Å². The fourth-order valence-corrected chi connectivity index (χ4v) is 1.77. The molecule has 1 unspecified atom stereocenters. The monoisotopic (exact) mass is 307 g/mol. The third-order valence-electron chi connectivity index (χ3n) is 1.77. The molecule has 88 valence electrons. The van der Waals surface area contributed by atoms with Crippen molar-refractivity contribution in [2.45, 2.75) is 13.0 Å². The smallest absolute Gasteiger partial charge is 0.284 e. The Labute approximate surface area is 107 Å². The number of carbonyl (C=O) groups excluding carboxylic acids is 1. The van der Waals surface area contributed by atoms with Gasteiger partial charge in [0.2, 0.25) is 0 Å². The molecule has 1 N–H and O–H groups in total. The molecule has 1 aromatic carbocycles. The van der Waals surface area contributed by atoms with Crippen LogP contribution in [0.15, 0.2) is 22.7 Å². The topological polar surface area (TPSA) is 47.6 Å². The molecule has 0 spiro atoms. The number of hydrogen-bond donors (Lipinski definition) is 1. The Morgan fingerprint density at radius 3 is 2.81 bits per heavy atom. The van der Waals surface area contributed by atoms with Crippen molar-refractivity contribution in [3.63, 3.8) is 0 Å². The normalized spacial score (nSPS) is 12.0. The Balaban J connectivity index is 2.69. The molecule has 1 amide bonds. The summed E-state index contributed by atoms with van der Waals surface area (Å²) in [6.45, 7) is 1.62. The van der Waals surface area contributed by atoms with Crippen LogP contribution in [0.5, 0.6) is 5.75 Å². The summed E-state index contributed by atoms with van der Waals surface area (Å²) in [6, 6.07) is 5.06. The lowest BCUT2D eigenvalue weighted by Crippen LogP contribution is -2.35. The van der Waals surface area contributed by atoms with Gasteiger partial charge in [0.15, 0.2) is 6.10 Å². The van der Waals surface area contributed by atoms with Crippen LogP contribution in [0.25, 0.3) is 0 Å². The van der Waals surface area contributed by atoms with Crippen molar-refractivity contribution < 1.29 is 14.4 Å². The van der Waals surface area contributed by atoms with Crippen molar-refractivity contribution in [1.82, 2.24) is 5.48 Å². The minimum atomic E-state index is -0.655. The molecule has 0 aliphatic rings. The van der Waals surface area contributed by atoms with Crippen molar-refractivity contribution >= 4 is 33.4 Å². The maximum absolute atomic E-state index is 11.3. The summed E-state index contributed by atoms with van der Waals surface area (Å²) in [5.74, 6) is 0.188. The number of benzene rings is 1. The van der Waals surface area contributed by atoms with Gasteiger partial charge in [-0.2, -0.15) is 0 Å². The molecule has 6 heteroatoms. The van der Waals surface area contributed by atoms with E-state index in [4.69, 9.17) is 16.3 Å². The molecule has 0 aromatic heterocycles. The zero-order valence-corrected chi connectivity index (χ0v) is 11.1. The summed E-state index contributed by atoms with van der Waals surface area (Å²) in [5.41, 5.74) is 2.19. The van der Waals surface area contributed by atoms with Crippen molar-refractivity contribution in [3.8, 4) is 5.75 Å². The standard InChI is InChI=1S/C10H11BrClNO3/c1-6(10(14)13-15-2)16-9-4-3-7(12)5-8(9)11/h3-6H,1-2H3,(H,13,14). The molecule has 1 rings (SSSR count).